The van der Waals surface area contributed by atoms with Crippen molar-refractivity contribution in [3.63, 3.8) is 0 Å². The lowest BCUT2D eigenvalue weighted by Gasteiger charge is -2.35. The molecule has 1 aromatic rings. The van der Waals surface area contributed by atoms with Gasteiger partial charge in [-0.3, -0.25) is 9.69 Å². The zero-order valence-corrected chi connectivity index (χ0v) is 11.1. The predicted octanol–water partition coefficient (Wildman–Crippen LogP) is 0.960. The first kappa shape index (κ1) is 12.7. The second kappa shape index (κ2) is 5.75. The highest BCUT2D eigenvalue weighted by molar-refractivity contribution is 5.79. The van der Waals surface area contributed by atoms with Gasteiger partial charge in [0.1, 0.15) is 5.76 Å². The van der Waals surface area contributed by atoms with Crippen molar-refractivity contribution in [1.29, 1.82) is 0 Å². The Morgan fingerprint density at radius 3 is 2.79 bits per heavy atom. The highest BCUT2D eigenvalue weighted by atomic mass is 16.5. The number of ether oxygens (including phenoxy) is 1. The molecule has 3 rings (SSSR count). The Balaban J connectivity index is 1.47. The van der Waals surface area contributed by atoms with E-state index in [1.165, 1.54) is 0 Å². The molecule has 2 saturated heterocycles. The van der Waals surface area contributed by atoms with E-state index in [9.17, 15) is 4.79 Å². The summed E-state index contributed by atoms with van der Waals surface area (Å²) in [4.78, 5) is 16.5. The Morgan fingerprint density at radius 2 is 2.16 bits per heavy atom. The van der Waals surface area contributed by atoms with Crippen LogP contribution in [0.1, 0.15) is 12.2 Å². The van der Waals surface area contributed by atoms with E-state index in [0.717, 1.165) is 51.5 Å². The number of carbonyl (C=O) groups is 1. The third-order valence-corrected chi connectivity index (χ3v) is 3.92. The second-order valence-electron chi connectivity index (χ2n) is 5.24. The van der Waals surface area contributed by atoms with Crippen LogP contribution >= 0.6 is 0 Å². The highest BCUT2D eigenvalue weighted by Gasteiger charge is 2.30. The summed E-state index contributed by atoms with van der Waals surface area (Å²) in [5, 5.41) is 0. The molecule has 0 aliphatic carbocycles. The van der Waals surface area contributed by atoms with Crippen LogP contribution in [0, 0.1) is 5.92 Å². The van der Waals surface area contributed by atoms with E-state index in [-0.39, 0.29) is 11.8 Å². The summed E-state index contributed by atoms with van der Waals surface area (Å²) in [6, 6.07) is 3.91. The standard InChI is InChI=1S/C14H20N2O3/c17-14(12-3-9-18-11-12)16-6-4-15(5-7-16)10-13-2-1-8-19-13/h1-2,8,12H,3-7,9-11H2. The molecule has 0 radical (unpaired) electrons. The molecule has 104 valence electrons. The van der Waals surface area contributed by atoms with Gasteiger partial charge in [-0.2, -0.15) is 0 Å². The summed E-state index contributed by atoms with van der Waals surface area (Å²) in [5.41, 5.74) is 0. The molecule has 0 spiro atoms. The van der Waals surface area contributed by atoms with Crippen LogP contribution in [0.4, 0.5) is 0 Å². The molecule has 1 atom stereocenters. The van der Waals surface area contributed by atoms with Crippen molar-refractivity contribution in [2.45, 2.75) is 13.0 Å². The van der Waals surface area contributed by atoms with Gasteiger partial charge in [-0.15, -0.1) is 0 Å². The molecule has 0 N–H and O–H groups in total. The number of piperazine rings is 1. The number of hydrogen-bond acceptors (Lipinski definition) is 4. The van der Waals surface area contributed by atoms with Crippen LogP contribution in [-0.4, -0.2) is 55.1 Å². The molecule has 19 heavy (non-hydrogen) atoms. The molecule has 1 amide bonds. The maximum absolute atomic E-state index is 12.2. The summed E-state index contributed by atoms with van der Waals surface area (Å²) < 4.78 is 10.6. The van der Waals surface area contributed by atoms with Crippen LogP contribution in [0.3, 0.4) is 0 Å². The van der Waals surface area contributed by atoms with Crippen molar-refractivity contribution in [3.8, 4) is 0 Å². The zero-order valence-electron chi connectivity index (χ0n) is 11.1. The Morgan fingerprint density at radius 1 is 1.32 bits per heavy atom. The van der Waals surface area contributed by atoms with E-state index in [2.05, 4.69) is 4.90 Å². The number of carbonyl (C=O) groups excluding carboxylic acids is 1. The maximum atomic E-state index is 12.2. The quantitative estimate of drug-likeness (QED) is 0.816. The number of nitrogens with zero attached hydrogens (tertiary/aromatic N) is 2. The highest BCUT2D eigenvalue weighted by Crippen LogP contribution is 2.17. The Labute approximate surface area is 113 Å². The van der Waals surface area contributed by atoms with E-state index < -0.39 is 0 Å². The third-order valence-electron chi connectivity index (χ3n) is 3.92. The fraction of sp³-hybridized carbons (Fsp3) is 0.643. The lowest BCUT2D eigenvalue weighted by Crippen LogP contribution is -2.50. The monoisotopic (exact) mass is 264 g/mol. The number of hydrogen-bond donors (Lipinski definition) is 0. The average molecular weight is 264 g/mol. The molecule has 2 fully saturated rings. The van der Waals surface area contributed by atoms with Gasteiger partial charge in [0.15, 0.2) is 0 Å². The minimum atomic E-state index is 0.0941. The van der Waals surface area contributed by atoms with Gasteiger partial charge in [0, 0.05) is 32.8 Å². The maximum Gasteiger partial charge on any atom is 0.228 e. The van der Waals surface area contributed by atoms with E-state index in [1.54, 1.807) is 6.26 Å². The van der Waals surface area contributed by atoms with Crippen molar-refractivity contribution >= 4 is 5.91 Å². The molecule has 5 heteroatoms. The van der Waals surface area contributed by atoms with Crippen LogP contribution < -0.4 is 0 Å². The second-order valence-corrected chi connectivity index (χ2v) is 5.24. The zero-order chi connectivity index (χ0) is 13.1. The fourth-order valence-corrected chi connectivity index (χ4v) is 2.74. The Hall–Kier alpha value is -1.33. The summed E-state index contributed by atoms with van der Waals surface area (Å²) in [6.45, 7) is 5.63. The molecule has 5 nitrogen and oxygen atoms in total. The fourth-order valence-electron chi connectivity index (χ4n) is 2.74. The minimum Gasteiger partial charge on any atom is -0.468 e. The largest absolute Gasteiger partial charge is 0.468 e. The number of amides is 1. The first-order valence-electron chi connectivity index (χ1n) is 6.94. The molecule has 1 unspecified atom stereocenters. The molecule has 2 aliphatic heterocycles. The SMILES string of the molecule is O=C(C1CCOC1)N1CCN(Cc2ccco2)CC1. The first-order valence-corrected chi connectivity index (χ1v) is 6.94. The van der Waals surface area contributed by atoms with Crippen molar-refractivity contribution in [2.24, 2.45) is 5.92 Å². The first-order chi connectivity index (χ1) is 9.33. The summed E-state index contributed by atoms with van der Waals surface area (Å²) in [7, 11) is 0. The van der Waals surface area contributed by atoms with Gasteiger partial charge in [0.2, 0.25) is 5.91 Å². The van der Waals surface area contributed by atoms with Gasteiger partial charge >= 0.3 is 0 Å². The Bertz CT molecular complexity index is 404. The number of rotatable bonds is 3. The van der Waals surface area contributed by atoms with Gasteiger partial charge in [0.25, 0.3) is 0 Å². The van der Waals surface area contributed by atoms with Crippen LogP contribution in [0.5, 0.6) is 0 Å². The summed E-state index contributed by atoms with van der Waals surface area (Å²) in [6.07, 6.45) is 2.58. The lowest BCUT2D eigenvalue weighted by atomic mass is 10.1. The van der Waals surface area contributed by atoms with Crippen molar-refractivity contribution in [1.82, 2.24) is 9.80 Å². The van der Waals surface area contributed by atoms with Crippen LogP contribution in [0.15, 0.2) is 22.8 Å². The van der Waals surface area contributed by atoms with Crippen molar-refractivity contribution in [2.75, 3.05) is 39.4 Å². The van der Waals surface area contributed by atoms with E-state index in [1.807, 2.05) is 17.0 Å². The molecule has 3 heterocycles. The van der Waals surface area contributed by atoms with Crippen LogP contribution in [0.25, 0.3) is 0 Å². The predicted molar refractivity (Wildman–Crippen MR) is 69.5 cm³/mol. The molecular weight excluding hydrogens is 244 g/mol. The topological polar surface area (TPSA) is 45.9 Å². The van der Waals surface area contributed by atoms with E-state index in [4.69, 9.17) is 9.15 Å². The van der Waals surface area contributed by atoms with E-state index in [0.29, 0.717) is 6.61 Å². The molecule has 1 aromatic heterocycles. The summed E-state index contributed by atoms with van der Waals surface area (Å²) >= 11 is 0. The number of furan rings is 1. The van der Waals surface area contributed by atoms with Gasteiger partial charge < -0.3 is 14.1 Å². The smallest absolute Gasteiger partial charge is 0.228 e. The van der Waals surface area contributed by atoms with Gasteiger partial charge in [-0.25, -0.2) is 0 Å². The van der Waals surface area contributed by atoms with Crippen LogP contribution in [-0.2, 0) is 16.1 Å². The van der Waals surface area contributed by atoms with Crippen LogP contribution in [0.2, 0.25) is 0 Å². The average Bonchev–Trinajstić information content (AvgIpc) is 3.12. The lowest BCUT2D eigenvalue weighted by molar-refractivity contribution is -0.137. The Kier molecular flexibility index (Phi) is 3.84. The van der Waals surface area contributed by atoms with Gasteiger partial charge in [-0.05, 0) is 18.6 Å². The minimum absolute atomic E-state index is 0.0941. The van der Waals surface area contributed by atoms with E-state index >= 15 is 0 Å². The molecule has 0 aromatic carbocycles. The molecular formula is C14H20N2O3. The van der Waals surface area contributed by atoms with Crippen molar-refractivity contribution in [3.05, 3.63) is 24.2 Å². The normalized spacial score (nSPS) is 24.8. The van der Waals surface area contributed by atoms with Gasteiger partial charge in [-0.1, -0.05) is 0 Å². The molecule has 2 aliphatic rings. The third kappa shape index (κ3) is 2.98. The van der Waals surface area contributed by atoms with Crippen molar-refractivity contribution < 1.29 is 13.9 Å². The molecule has 0 saturated carbocycles. The summed E-state index contributed by atoms with van der Waals surface area (Å²) in [5.74, 6) is 1.36. The molecule has 0 bridgehead atoms. The van der Waals surface area contributed by atoms with Gasteiger partial charge in [0.05, 0.1) is 25.3 Å².